The Morgan fingerprint density at radius 1 is 1.58 bits per heavy atom. The SMILES string of the molecule is Cc1sc(Br)cc1S(=O)(=O)NC(C)C1CCCNC1. The molecule has 7 heteroatoms. The fraction of sp³-hybridized carbons (Fsp3) is 0.667. The fourth-order valence-corrected chi connectivity index (χ4v) is 6.13. The van der Waals surface area contributed by atoms with E-state index in [1.165, 1.54) is 11.3 Å². The van der Waals surface area contributed by atoms with Crippen molar-refractivity contribution in [2.75, 3.05) is 13.1 Å². The molecule has 2 unspecified atom stereocenters. The van der Waals surface area contributed by atoms with E-state index in [2.05, 4.69) is 26.0 Å². The monoisotopic (exact) mass is 366 g/mol. The van der Waals surface area contributed by atoms with E-state index >= 15 is 0 Å². The number of sulfonamides is 1. The van der Waals surface area contributed by atoms with E-state index in [0.29, 0.717) is 10.8 Å². The summed E-state index contributed by atoms with van der Waals surface area (Å²) < 4.78 is 28.4. The average Bonchev–Trinajstić information content (AvgIpc) is 2.70. The van der Waals surface area contributed by atoms with E-state index in [0.717, 1.165) is 34.6 Å². The van der Waals surface area contributed by atoms with Gasteiger partial charge in [0.05, 0.1) is 8.68 Å². The van der Waals surface area contributed by atoms with Gasteiger partial charge in [-0.3, -0.25) is 0 Å². The maximum atomic E-state index is 12.4. The molecule has 0 spiro atoms. The molecule has 0 amide bonds. The zero-order chi connectivity index (χ0) is 14.0. The summed E-state index contributed by atoms with van der Waals surface area (Å²) in [6, 6.07) is 1.63. The zero-order valence-corrected chi connectivity index (χ0v) is 14.3. The number of hydrogen-bond donors (Lipinski definition) is 2. The van der Waals surface area contributed by atoms with Crippen LogP contribution < -0.4 is 10.0 Å². The molecule has 0 aromatic carbocycles. The molecule has 0 aliphatic carbocycles. The summed E-state index contributed by atoms with van der Waals surface area (Å²) in [5.74, 6) is 0.367. The van der Waals surface area contributed by atoms with Crippen LogP contribution in [0.5, 0.6) is 0 Å². The summed E-state index contributed by atoms with van der Waals surface area (Å²) in [6.07, 6.45) is 2.18. The van der Waals surface area contributed by atoms with Crippen molar-refractivity contribution in [3.8, 4) is 0 Å². The Hall–Kier alpha value is 0.0500. The minimum atomic E-state index is -3.42. The molecule has 2 N–H and O–H groups in total. The van der Waals surface area contributed by atoms with Crippen LogP contribution in [0, 0.1) is 12.8 Å². The van der Waals surface area contributed by atoms with Gasteiger partial charge in [-0.15, -0.1) is 11.3 Å². The number of piperidine rings is 1. The molecule has 1 aromatic heterocycles. The molecule has 0 saturated carbocycles. The van der Waals surface area contributed by atoms with Crippen molar-refractivity contribution < 1.29 is 8.42 Å². The molecule has 4 nitrogen and oxygen atoms in total. The first-order chi connectivity index (χ1) is 8.90. The van der Waals surface area contributed by atoms with Crippen LogP contribution in [0.4, 0.5) is 0 Å². The van der Waals surface area contributed by atoms with Gasteiger partial charge in [-0.2, -0.15) is 0 Å². The minimum Gasteiger partial charge on any atom is -0.316 e. The molecule has 19 heavy (non-hydrogen) atoms. The Kier molecular flexibility index (Phi) is 5.05. The van der Waals surface area contributed by atoms with E-state index in [1.54, 1.807) is 6.07 Å². The largest absolute Gasteiger partial charge is 0.316 e. The van der Waals surface area contributed by atoms with Gasteiger partial charge in [0.1, 0.15) is 0 Å². The summed E-state index contributed by atoms with van der Waals surface area (Å²) in [4.78, 5) is 1.20. The summed E-state index contributed by atoms with van der Waals surface area (Å²) in [5.41, 5.74) is 0. The van der Waals surface area contributed by atoms with Crippen LogP contribution in [0.2, 0.25) is 0 Å². The molecule has 2 heterocycles. The van der Waals surface area contributed by atoms with E-state index in [9.17, 15) is 8.42 Å². The second-order valence-corrected chi connectivity index (χ2v) is 9.31. The van der Waals surface area contributed by atoms with Gasteiger partial charge in [-0.05, 0) is 67.7 Å². The first-order valence-electron chi connectivity index (χ1n) is 6.39. The van der Waals surface area contributed by atoms with Crippen molar-refractivity contribution in [1.82, 2.24) is 10.0 Å². The number of rotatable bonds is 4. The smallest absolute Gasteiger partial charge is 0.241 e. The highest BCUT2D eigenvalue weighted by atomic mass is 79.9. The van der Waals surface area contributed by atoms with Gasteiger partial charge in [0.25, 0.3) is 0 Å². The van der Waals surface area contributed by atoms with Crippen molar-refractivity contribution in [2.45, 2.75) is 37.6 Å². The highest BCUT2D eigenvalue weighted by Crippen LogP contribution is 2.30. The van der Waals surface area contributed by atoms with E-state index in [4.69, 9.17) is 0 Å². The number of thiophene rings is 1. The van der Waals surface area contributed by atoms with Crippen LogP contribution >= 0.6 is 27.3 Å². The molecule has 1 aliphatic rings. The quantitative estimate of drug-likeness (QED) is 0.860. The molecule has 0 radical (unpaired) electrons. The van der Waals surface area contributed by atoms with Crippen LogP contribution in [-0.4, -0.2) is 27.5 Å². The number of aryl methyl sites for hydroxylation is 1. The number of halogens is 1. The molecule has 2 rings (SSSR count). The van der Waals surface area contributed by atoms with E-state index < -0.39 is 10.0 Å². The number of hydrogen-bond acceptors (Lipinski definition) is 4. The maximum Gasteiger partial charge on any atom is 0.241 e. The van der Waals surface area contributed by atoms with Crippen molar-refractivity contribution in [2.24, 2.45) is 5.92 Å². The lowest BCUT2D eigenvalue weighted by molar-refractivity contribution is 0.320. The minimum absolute atomic E-state index is 0.0455. The average molecular weight is 367 g/mol. The van der Waals surface area contributed by atoms with Crippen molar-refractivity contribution in [3.63, 3.8) is 0 Å². The van der Waals surface area contributed by atoms with Gasteiger partial charge < -0.3 is 5.32 Å². The zero-order valence-electron chi connectivity index (χ0n) is 11.1. The van der Waals surface area contributed by atoms with Crippen molar-refractivity contribution in [1.29, 1.82) is 0 Å². The normalized spacial score (nSPS) is 22.4. The lowest BCUT2D eigenvalue weighted by atomic mass is 9.94. The molecular weight excluding hydrogens is 348 g/mol. The molecule has 1 aliphatic heterocycles. The summed E-state index contributed by atoms with van der Waals surface area (Å²) in [7, 11) is -3.42. The van der Waals surface area contributed by atoms with Crippen LogP contribution in [0.1, 0.15) is 24.6 Å². The van der Waals surface area contributed by atoms with Gasteiger partial charge >= 0.3 is 0 Å². The molecule has 0 bridgehead atoms. The summed E-state index contributed by atoms with van der Waals surface area (Å²) in [6.45, 7) is 5.70. The molecule has 108 valence electrons. The third-order valence-electron chi connectivity index (χ3n) is 3.51. The van der Waals surface area contributed by atoms with Gasteiger partial charge in [-0.1, -0.05) is 0 Å². The van der Waals surface area contributed by atoms with Gasteiger partial charge in [0.2, 0.25) is 10.0 Å². The Morgan fingerprint density at radius 3 is 2.84 bits per heavy atom. The predicted octanol–water partition coefficient (Wildman–Crippen LogP) is 2.49. The molecular formula is C12H19BrN2O2S2. The summed E-state index contributed by atoms with van der Waals surface area (Å²) in [5, 5.41) is 3.32. The summed E-state index contributed by atoms with van der Waals surface area (Å²) >= 11 is 4.78. The second-order valence-electron chi connectivity index (χ2n) is 4.99. The Balaban J connectivity index is 2.10. The highest BCUT2D eigenvalue weighted by molar-refractivity contribution is 9.11. The van der Waals surface area contributed by atoms with Crippen LogP contribution in [-0.2, 0) is 10.0 Å². The van der Waals surface area contributed by atoms with Crippen LogP contribution in [0.3, 0.4) is 0 Å². The van der Waals surface area contributed by atoms with Gasteiger partial charge in [-0.25, -0.2) is 13.1 Å². The lowest BCUT2D eigenvalue weighted by Crippen LogP contribution is -2.44. The van der Waals surface area contributed by atoms with Gasteiger partial charge in [0.15, 0.2) is 0 Å². The molecule has 1 saturated heterocycles. The van der Waals surface area contributed by atoms with E-state index in [-0.39, 0.29) is 6.04 Å². The van der Waals surface area contributed by atoms with Crippen LogP contribution in [0.25, 0.3) is 0 Å². The first kappa shape index (κ1) is 15.4. The Morgan fingerprint density at radius 2 is 2.32 bits per heavy atom. The molecule has 2 atom stereocenters. The third kappa shape index (κ3) is 3.78. The predicted molar refractivity (Wildman–Crippen MR) is 82.1 cm³/mol. The molecule has 1 aromatic rings. The van der Waals surface area contributed by atoms with Crippen molar-refractivity contribution >= 4 is 37.3 Å². The van der Waals surface area contributed by atoms with E-state index in [1.807, 2.05) is 13.8 Å². The first-order valence-corrected chi connectivity index (χ1v) is 9.48. The lowest BCUT2D eigenvalue weighted by Gasteiger charge is -2.28. The number of nitrogens with one attached hydrogen (secondary N) is 2. The highest BCUT2D eigenvalue weighted by Gasteiger charge is 2.26. The Labute approximate surface area is 127 Å². The molecule has 1 fully saturated rings. The van der Waals surface area contributed by atoms with Gasteiger partial charge in [0, 0.05) is 10.9 Å². The van der Waals surface area contributed by atoms with Crippen LogP contribution in [0.15, 0.2) is 14.7 Å². The topological polar surface area (TPSA) is 58.2 Å². The standard InChI is InChI=1S/C12H19BrN2O2S2/c1-8(10-4-3-5-14-7-10)15-19(16,17)11-6-12(13)18-9(11)2/h6,8,10,14-15H,3-5,7H2,1-2H3. The fourth-order valence-electron chi connectivity index (χ4n) is 2.41. The second kappa shape index (κ2) is 6.22. The van der Waals surface area contributed by atoms with Crippen molar-refractivity contribution in [3.05, 3.63) is 14.7 Å². The maximum absolute atomic E-state index is 12.4. The third-order valence-corrected chi connectivity index (χ3v) is 6.88. The Bertz CT molecular complexity index is 536.